The quantitative estimate of drug-likeness (QED) is 0.346. The second kappa shape index (κ2) is 23.0. The van der Waals surface area contributed by atoms with Crippen LogP contribution in [0.3, 0.4) is 0 Å². The summed E-state index contributed by atoms with van der Waals surface area (Å²) in [7, 11) is 0. The van der Waals surface area contributed by atoms with E-state index < -0.39 is 18.5 Å². The molecule has 0 amide bonds. The predicted molar refractivity (Wildman–Crippen MR) is 21.9 cm³/mol. The van der Waals surface area contributed by atoms with E-state index in [-0.39, 0.29) is 58.8 Å². The zero-order chi connectivity index (χ0) is 10.7. The molecular weight excluding hydrogens is 415 g/mol. The van der Waals surface area contributed by atoms with Gasteiger partial charge >= 0.3 is 58.8 Å². The topological polar surface area (TPSA) is 190 Å². The van der Waals surface area contributed by atoms with Gasteiger partial charge in [0.15, 0.2) is 0 Å². The molecule has 0 aromatic carbocycles. The van der Waals surface area contributed by atoms with Gasteiger partial charge in [0.05, 0.1) is 0 Å². The van der Waals surface area contributed by atoms with Gasteiger partial charge in [0, 0.05) is 0 Å². The van der Waals surface area contributed by atoms with E-state index in [1.165, 1.54) is 0 Å². The van der Waals surface area contributed by atoms with Crippen LogP contribution in [0.4, 0.5) is 14.4 Å². The molecule has 0 heterocycles. The minimum atomic E-state index is -2.33. The van der Waals surface area contributed by atoms with Crippen LogP contribution in [0.1, 0.15) is 0 Å². The molecule has 11 heteroatoms. The van der Waals surface area contributed by atoms with Crippen LogP contribution in [-0.4, -0.2) is 56.2 Å². The average molecular weight is 415 g/mol. The Morgan fingerprint density at radius 3 is 0.571 bits per heavy atom. The average Bonchev–Trinajstić information content (AvgIpc) is 1.54. The van der Waals surface area contributed by atoms with Crippen molar-refractivity contribution in [3.8, 4) is 0 Å². The SMILES string of the molecule is O=C([O-])[O-].O=C([O-])[O-].O=C([O-])[O-].[Ca+2].[Pt+4]. The van der Waals surface area contributed by atoms with Crippen molar-refractivity contribution in [2.45, 2.75) is 0 Å². The molecule has 0 saturated carbocycles. The van der Waals surface area contributed by atoms with Crippen molar-refractivity contribution < 1.29 is 66.1 Å². The summed E-state index contributed by atoms with van der Waals surface area (Å²) in [4.78, 5) is 25.0. The van der Waals surface area contributed by atoms with Crippen LogP contribution in [0.25, 0.3) is 0 Å². The maximum atomic E-state index is 8.33. The number of carboxylic acid groups (broad SMARTS) is 6. The van der Waals surface area contributed by atoms with Gasteiger partial charge in [-0.15, -0.1) is 0 Å². The molecule has 0 aliphatic rings. The summed E-state index contributed by atoms with van der Waals surface area (Å²) in [5.74, 6) is 0. The van der Waals surface area contributed by atoms with E-state index in [9.17, 15) is 0 Å². The molecule has 0 aliphatic heterocycles. The Morgan fingerprint density at radius 2 is 0.571 bits per heavy atom. The molecule has 0 fully saturated rings. The van der Waals surface area contributed by atoms with Gasteiger partial charge in [0.2, 0.25) is 0 Å². The van der Waals surface area contributed by atoms with Gasteiger partial charge in [-0.1, -0.05) is 0 Å². The second-order valence-electron chi connectivity index (χ2n) is 0.750. The predicted octanol–water partition coefficient (Wildman–Crippen LogP) is -7.72. The first-order valence-corrected chi connectivity index (χ1v) is 1.84. The fourth-order valence-corrected chi connectivity index (χ4v) is 0. The molecule has 0 aromatic heterocycles. The first kappa shape index (κ1) is 29.2. The molecule has 0 saturated heterocycles. The summed E-state index contributed by atoms with van der Waals surface area (Å²) < 4.78 is 0. The fraction of sp³-hybridized carbons (Fsp3) is 0. The van der Waals surface area contributed by atoms with E-state index >= 15 is 0 Å². The molecule has 78 valence electrons. The van der Waals surface area contributed by atoms with Gasteiger partial charge in [0.25, 0.3) is 0 Å². The molecule has 9 nitrogen and oxygen atoms in total. The summed E-state index contributed by atoms with van der Waals surface area (Å²) in [6, 6.07) is 0. The zero-order valence-electron chi connectivity index (χ0n) is 6.20. The van der Waals surface area contributed by atoms with Crippen LogP contribution in [0.5, 0.6) is 0 Å². The Hall–Kier alpha value is -0.242. The minimum Gasteiger partial charge on any atom is -0.652 e. The van der Waals surface area contributed by atoms with Gasteiger partial charge in [-0.25, -0.2) is 0 Å². The Labute approximate surface area is 121 Å². The second-order valence-corrected chi connectivity index (χ2v) is 0.750. The number of hydrogen-bond donors (Lipinski definition) is 0. The maximum absolute atomic E-state index is 8.33. The van der Waals surface area contributed by atoms with E-state index in [4.69, 9.17) is 45.0 Å². The largest absolute Gasteiger partial charge is 4.00 e. The van der Waals surface area contributed by atoms with Crippen LogP contribution in [0.15, 0.2) is 0 Å². The third kappa shape index (κ3) is 23200. The molecule has 0 N–H and O–H groups in total. The first-order valence-electron chi connectivity index (χ1n) is 1.84. The molecule has 0 atom stereocenters. The number of carbonyl (C=O) groups excluding carboxylic acids is 3. The summed E-state index contributed by atoms with van der Waals surface area (Å²) in [6.07, 6.45) is -7.00. The van der Waals surface area contributed by atoms with Crippen LogP contribution in [0, 0.1) is 0 Å². The molecule has 14 heavy (non-hydrogen) atoms. The van der Waals surface area contributed by atoms with Gasteiger partial charge in [-0.3, -0.25) is 0 Å². The number of carbonyl (C=O) groups is 3. The molecule has 0 unspecified atom stereocenters. The van der Waals surface area contributed by atoms with Crippen LogP contribution >= 0.6 is 0 Å². The van der Waals surface area contributed by atoms with Crippen molar-refractivity contribution in [2.24, 2.45) is 0 Å². The Bertz CT molecular complexity index is 118. The monoisotopic (exact) mass is 415 g/mol. The van der Waals surface area contributed by atoms with Gasteiger partial charge in [0.1, 0.15) is 0 Å². The Morgan fingerprint density at radius 1 is 0.571 bits per heavy atom. The van der Waals surface area contributed by atoms with Crippen molar-refractivity contribution >= 4 is 56.2 Å². The summed E-state index contributed by atoms with van der Waals surface area (Å²) in [6.45, 7) is 0. The summed E-state index contributed by atoms with van der Waals surface area (Å²) in [5, 5.41) is 50.0. The molecular formula is C3CaO9Pt. The fourth-order valence-electron chi connectivity index (χ4n) is 0. The maximum Gasteiger partial charge on any atom is 4.00 e. The van der Waals surface area contributed by atoms with Crippen molar-refractivity contribution in [3.05, 3.63) is 0 Å². The van der Waals surface area contributed by atoms with Gasteiger partial charge < -0.3 is 45.0 Å². The van der Waals surface area contributed by atoms with Crippen molar-refractivity contribution in [1.82, 2.24) is 0 Å². The number of rotatable bonds is 0. The zero-order valence-corrected chi connectivity index (χ0v) is 10.7. The molecule has 0 bridgehead atoms. The first-order chi connectivity index (χ1) is 5.20. The van der Waals surface area contributed by atoms with Crippen LogP contribution < -0.4 is 30.6 Å². The Balaban J connectivity index is -0.0000000270. The third-order valence-electron chi connectivity index (χ3n) is 0. The van der Waals surface area contributed by atoms with Gasteiger partial charge in [-0.2, -0.15) is 0 Å². The minimum absolute atomic E-state index is 0. The number of hydrogen-bond acceptors (Lipinski definition) is 9. The van der Waals surface area contributed by atoms with E-state index in [2.05, 4.69) is 0 Å². The van der Waals surface area contributed by atoms with Crippen LogP contribution in [-0.2, 0) is 21.1 Å². The molecule has 0 aromatic rings. The van der Waals surface area contributed by atoms with E-state index in [0.717, 1.165) is 0 Å². The summed E-state index contributed by atoms with van der Waals surface area (Å²) in [5.41, 5.74) is 0. The Kier molecular flexibility index (Phi) is 48.0. The molecule has 0 radical (unpaired) electrons. The van der Waals surface area contributed by atoms with Crippen LogP contribution in [0.2, 0.25) is 0 Å². The van der Waals surface area contributed by atoms with Crippen molar-refractivity contribution in [2.75, 3.05) is 0 Å². The van der Waals surface area contributed by atoms with E-state index in [1.54, 1.807) is 0 Å². The molecule has 0 aliphatic carbocycles. The van der Waals surface area contributed by atoms with Gasteiger partial charge in [-0.05, 0) is 18.5 Å². The molecule has 0 rings (SSSR count). The normalized spacial score (nSPS) is 5.14. The summed E-state index contributed by atoms with van der Waals surface area (Å²) >= 11 is 0. The van der Waals surface area contributed by atoms with Crippen molar-refractivity contribution in [3.63, 3.8) is 0 Å². The smallest absolute Gasteiger partial charge is 0.652 e. The third-order valence-corrected chi connectivity index (χ3v) is 0. The van der Waals surface area contributed by atoms with E-state index in [0.29, 0.717) is 0 Å². The van der Waals surface area contributed by atoms with Crippen molar-refractivity contribution in [1.29, 1.82) is 0 Å². The van der Waals surface area contributed by atoms with E-state index in [1.807, 2.05) is 0 Å². The molecule has 0 spiro atoms. The standard InChI is InChI=1S/3CH2O3.Ca.Pt/c3*2-1(3)4;;/h3*(H2,2,3,4);;/q;;;+2;+4/p-6.